The minimum absolute atomic E-state index is 0.338. The first-order valence-corrected chi connectivity index (χ1v) is 7.81. The highest BCUT2D eigenvalue weighted by atomic mass is 16.7. The van der Waals surface area contributed by atoms with Crippen molar-refractivity contribution in [1.82, 2.24) is 9.80 Å². The first-order valence-electron chi connectivity index (χ1n) is 7.81. The van der Waals surface area contributed by atoms with Crippen molar-refractivity contribution in [3.05, 3.63) is 0 Å². The van der Waals surface area contributed by atoms with Crippen molar-refractivity contribution in [2.24, 2.45) is 0 Å². The largest absolute Gasteiger partial charge is 0.389 e. The molecule has 0 aromatic rings. The molecule has 0 bridgehead atoms. The lowest BCUT2D eigenvalue weighted by molar-refractivity contribution is -0.306. The van der Waals surface area contributed by atoms with E-state index >= 15 is 0 Å². The summed E-state index contributed by atoms with van der Waals surface area (Å²) in [6.45, 7) is 11.2. The van der Waals surface area contributed by atoms with Crippen LogP contribution in [0.3, 0.4) is 0 Å². The molecule has 0 radical (unpaired) electrons. The molecule has 2 heterocycles. The van der Waals surface area contributed by atoms with E-state index in [1.807, 2.05) is 27.7 Å². The Kier molecular flexibility index (Phi) is 5.28. The average Bonchev–Trinajstić information content (AvgIpc) is 2.37. The van der Waals surface area contributed by atoms with Gasteiger partial charge < -0.3 is 24.6 Å². The van der Waals surface area contributed by atoms with Gasteiger partial charge in [0.25, 0.3) is 0 Å². The molecule has 2 aliphatic heterocycles. The zero-order chi connectivity index (χ0) is 15.8. The first kappa shape index (κ1) is 17.1. The minimum atomic E-state index is -0.848. The minimum Gasteiger partial charge on any atom is -0.389 e. The third-order valence-corrected chi connectivity index (χ3v) is 4.24. The average molecular weight is 302 g/mol. The number of hydrogen-bond acceptors (Lipinski definition) is 6. The smallest absolute Gasteiger partial charge is 0.186 e. The van der Waals surface area contributed by atoms with Gasteiger partial charge in [-0.05, 0) is 34.7 Å². The Hall–Kier alpha value is -0.240. The maximum Gasteiger partial charge on any atom is 0.186 e. The van der Waals surface area contributed by atoms with Crippen LogP contribution in [0.15, 0.2) is 0 Å². The molecule has 0 aromatic carbocycles. The molecule has 6 nitrogen and oxygen atoms in total. The van der Waals surface area contributed by atoms with Crippen LogP contribution in [0.4, 0.5) is 0 Å². The van der Waals surface area contributed by atoms with Crippen molar-refractivity contribution in [3.8, 4) is 0 Å². The van der Waals surface area contributed by atoms with Crippen LogP contribution in [0.1, 0.15) is 27.7 Å². The van der Waals surface area contributed by atoms with Gasteiger partial charge in [0.2, 0.25) is 0 Å². The van der Waals surface area contributed by atoms with Crippen molar-refractivity contribution < 1.29 is 19.7 Å². The summed E-state index contributed by atoms with van der Waals surface area (Å²) in [6, 6.07) is -0.338. The third-order valence-electron chi connectivity index (χ3n) is 4.24. The first-order chi connectivity index (χ1) is 9.69. The quantitative estimate of drug-likeness (QED) is 0.742. The van der Waals surface area contributed by atoms with E-state index < -0.39 is 24.1 Å². The maximum atomic E-state index is 10.6. The summed E-state index contributed by atoms with van der Waals surface area (Å²) < 4.78 is 11.5. The third kappa shape index (κ3) is 4.15. The lowest BCUT2D eigenvalue weighted by Crippen LogP contribution is -2.66. The number of likely N-dealkylation sites (N-methyl/N-ethyl adjacent to an activating group) is 1. The molecule has 2 aliphatic rings. The highest BCUT2D eigenvalue weighted by Crippen LogP contribution is 2.28. The Morgan fingerprint density at radius 1 is 1.05 bits per heavy atom. The van der Waals surface area contributed by atoms with Gasteiger partial charge in [0, 0.05) is 26.2 Å². The summed E-state index contributed by atoms with van der Waals surface area (Å²) in [4.78, 5) is 4.41. The molecular weight excluding hydrogens is 272 g/mol. The highest BCUT2D eigenvalue weighted by Gasteiger charge is 2.47. The van der Waals surface area contributed by atoms with E-state index in [2.05, 4.69) is 16.8 Å². The molecule has 0 spiro atoms. The Morgan fingerprint density at radius 2 is 1.62 bits per heavy atom. The van der Waals surface area contributed by atoms with Gasteiger partial charge in [0.05, 0.1) is 23.9 Å². The standard InChI is InChI=1S/C15H30N2O4/c1-10-12(18)11(17-8-6-16(5)7-9-17)13(19)14(20-10)21-15(2,3)4/h10-14,18-19H,6-9H2,1-5H3/t10-,11+,12-,13+,14+/m1/s1. The monoisotopic (exact) mass is 302 g/mol. The molecule has 2 N–H and O–H groups in total. The molecule has 0 aliphatic carbocycles. The van der Waals surface area contributed by atoms with Crippen LogP contribution >= 0.6 is 0 Å². The van der Waals surface area contributed by atoms with Gasteiger partial charge in [0.15, 0.2) is 6.29 Å². The fraction of sp³-hybridized carbons (Fsp3) is 1.00. The molecule has 21 heavy (non-hydrogen) atoms. The molecule has 124 valence electrons. The fourth-order valence-corrected chi connectivity index (χ4v) is 3.01. The van der Waals surface area contributed by atoms with Crippen LogP contribution in [0.25, 0.3) is 0 Å². The van der Waals surface area contributed by atoms with Crippen LogP contribution in [0.2, 0.25) is 0 Å². The fourth-order valence-electron chi connectivity index (χ4n) is 3.01. The van der Waals surface area contributed by atoms with E-state index in [0.717, 1.165) is 26.2 Å². The number of aliphatic hydroxyl groups is 2. The van der Waals surface area contributed by atoms with Gasteiger partial charge in [-0.1, -0.05) is 0 Å². The summed E-state index contributed by atoms with van der Waals surface area (Å²) in [5.41, 5.74) is -0.402. The summed E-state index contributed by atoms with van der Waals surface area (Å²) >= 11 is 0. The molecule has 6 heteroatoms. The van der Waals surface area contributed by atoms with Crippen molar-refractivity contribution in [3.63, 3.8) is 0 Å². The molecule has 2 fully saturated rings. The van der Waals surface area contributed by atoms with Gasteiger partial charge in [-0.15, -0.1) is 0 Å². The van der Waals surface area contributed by atoms with E-state index in [1.54, 1.807) is 0 Å². The number of hydrogen-bond donors (Lipinski definition) is 2. The summed E-state index contributed by atoms with van der Waals surface area (Å²) in [7, 11) is 2.09. The lowest BCUT2D eigenvalue weighted by Gasteiger charge is -2.49. The number of aliphatic hydroxyl groups excluding tert-OH is 2. The molecule has 0 aromatic heterocycles. The molecular formula is C15H30N2O4. The highest BCUT2D eigenvalue weighted by molar-refractivity contribution is 4.96. The molecule has 2 saturated heterocycles. The van der Waals surface area contributed by atoms with Gasteiger partial charge >= 0.3 is 0 Å². The van der Waals surface area contributed by atoms with Gasteiger partial charge in [0.1, 0.15) is 6.10 Å². The molecule has 2 rings (SSSR count). The van der Waals surface area contributed by atoms with Crippen LogP contribution in [-0.2, 0) is 9.47 Å². The lowest BCUT2D eigenvalue weighted by atomic mass is 9.94. The predicted molar refractivity (Wildman–Crippen MR) is 80.0 cm³/mol. The van der Waals surface area contributed by atoms with Gasteiger partial charge in [-0.3, -0.25) is 4.90 Å². The van der Waals surface area contributed by atoms with Crippen molar-refractivity contribution in [2.75, 3.05) is 33.2 Å². The van der Waals surface area contributed by atoms with E-state index in [0.29, 0.717) is 0 Å². The molecule has 0 amide bonds. The zero-order valence-corrected chi connectivity index (χ0v) is 13.8. The summed E-state index contributed by atoms with van der Waals surface area (Å²) in [5.74, 6) is 0. The number of rotatable bonds is 2. The van der Waals surface area contributed by atoms with Crippen molar-refractivity contribution in [2.45, 2.75) is 63.9 Å². The maximum absolute atomic E-state index is 10.6. The number of nitrogens with zero attached hydrogens (tertiary/aromatic N) is 2. The number of piperazine rings is 1. The molecule has 0 saturated carbocycles. The van der Waals surface area contributed by atoms with Crippen LogP contribution in [0.5, 0.6) is 0 Å². The van der Waals surface area contributed by atoms with Gasteiger partial charge in [-0.25, -0.2) is 0 Å². The Labute approximate surface area is 127 Å². The second-order valence-corrected chi connectivity index (χ2v) is 7.25. The second-order valence-electron chi connectivity index (χ2n) is 7.25. The predicted octanol–water partition coefficient (Wildman–Crippen LogP) is -0.116. The second kappa shape index (κ2) is 6.48. The molecule has 0 unspecified atom stereocenters. The normalized spacial score (nSPS) is 40.4. The van der Waals surface area contributed by atoms with Gasteiger partial charge in [-0.2, -0.15) is 0 Å². The Bertz CT molecular complexity index is 339. The van der Waals surface area contributed by atoms with Crippen LogP contribution in [0, 0.1) is 0 Å². The Balaban J connectivity index is 2.09. The van der Waals surface area contributed by atoms with Crippen molar-refractivity contribution in [1.29, 1.82) is 0 Å². The summed E-state index contributed by atoms with van der Waals surface area (Å²) in [6.07, 6.45) is -2.61. The van der Waals surface area contributed by atoms with E-state index in [1.165, 1.54) is 0 Å². The number of ether oxygens (including phenoxy) is 2. The van der Waals surface area contributed by atoms with E-state index in [-0.39, 0.29) is 12.1 Å². The molecule has 5 atom stereocenters. The van der Waals surface area contributed by atoms with Crippen molar-refractivity contribution >= 4 is 0 Å². The summed E-state index contributed by atoms with van der Waals surface area (Å²) in [5, 5.41) is 21.1. The van der Waals surface area contributed by atoms with E-state index in [4.69, 9.17) is 9.47 Å². The van der Waals surface area contributed by atoms with Crippen LogP contribution in [-0.4, -0.2) is 89.5 Å². The SMILES string of the molecule is C[C@H]1O[C@@H](OC(C)(C)C)[C@@H](O)[C@@H](N2CCN(C)CC2)[C@@H]1O. The zero-order valence-electron chi connectivity index (χ0n) is 13.8. The Morgan fingerprint density at radius 3 is 2.14 bits per heavy atom. The van der Waals surface area contributed by atoms with Crippen LogP contribution < -0.4 is 0 Å². The van der Waals surface area contributed by atoms with E-state index in [9.17, 15) is 10.2 Å². The topological polar surface area (TPSA) is 65.4 Å².